The summed E-state index contributed by atoms with van der Waals surface area (Å²) in [4.78, 5) is 16.8. The highest BCUT2D eigenvalue weighted by Crippen LogP contribution is 2.25. The smallest absolute Gasteiger partial charge is 0.277 e. The maximum atomic E-state index is 13.0. The molecule has 1 atom stereocenters. The number of halogens is 1. The molecule has 1 aromatic carbocycles. The van der Waals surface area contributed by atoms with E-state index in [0.29, 0.717) is 34.0 Å². The van der Waals surface area contributed by atoms with Crippen LogP contribution in [0.4, 0.5) is 4.39 Å². The van der Waals surface area contributed by atoms with Gasteiger partial charge in [0.15, 0.2) is 6.10 Å². The molecule has 0 spiro atoms. The van der Waals surface area contributed by atoms with E-state index in [0.717, 1.165) is 5.56 Å². The van der Waals surface area contributed by atoms with Crippen molar-refractivity contribution in [1.82, 2.24) is 19.6 Å². The normalized spacial score (nSPS) is 12.2. The molecule has 0 aliphatic carbocycles. The van der Waals surface area contributed by atoms with Crippen LogP contribution in [-0.2, 0) is 5.75 Å². The molecular formula is C20H17FN4O3S. The molecule has 0 aliphatic heterocycles. The Bertz CT molecular complexity index is 1210. The second kappa shape index (κ2) is 8.04. The molecule has 148 valence electrons. The van der Waals surface area contributed by atoms with Gasteiger partial charge in [-0.1, -0.05) is 17.8 Å². The lowest BCUT2D eigenvalue weighted by Crippen LogP contribution is -2.15. The first kappa shape index (κ1) is 19.1. The summed E-state index contributed by atoms with van der Waals surface area (Å²) in [5.41, 5.74) is 2.06. The molecule has 0 fully saturated rings. The third-order valence-corrected chi connectivity index (χ3v) is 4.95. The zero-order chi connectivity index (χ0) is 20.4. The minimum Gasteiger partial charge on any atom is -0.481 e. The SMILES string of the molecule is Cc1ccc2nc(CSc3nnc([C@@H](C)Oc4ccc(F)cc4)o3)cc(=O)n2c1. The van der Waals surface area contributed by atoms with Gasteiger partial charge in [-0.2, -0.15) is 0 Å². The molecule has 0 saturated heterocycles. The summed E-state index contributed by atoms with van der Waals surface area (Å²) in [6, 6.07) is 10.9. The van der Waals surface area contributed by atoms with E-state index in [1.807, 2.05) is 19.1 Å². The number of pyridine rings is 1. The molecule has 4 aromatic rings. The van der Waals surface area contributed by atoms with Crippen LogP contribution < -0.4 is 10.3 Å². The van der Waals surface area contributed by atoms with Gasteiger partial charge in [-0.25, -0.2) is 9.37 Å². The molecule has 3 aromatic heterocycles. The average molecular weight is 412 g/mol. The van der Waals surface area contributed by atoms with Gasteiger partial charge in [-0.3, -0.25) is 9.20 Å². The number of aromatic nitrogens is 4. The van der Waals surface area contributed by atoms with Gasteiger partial charge in [-0.15, -0.1) is 10.2 Å². The zero-order valence-electron chi connectivity index (χ0n) is 15.7. The third kappa shape index (κ3) is 4.45. The van der Waals surface area contributed by atoms with E-state index in [1.165, 1.54) is 46.5 Å². The fraction of sp³-hybridized carbons (Fsp3) is 0.200. The molecule has 4 rings (SSSR count). The Morgan fingerprint density at radius 2 is 2.00 bits per heavy atom. The average Bonchev–Trinajstić information content (AvgIpc) is 3.18. The molecule has 3 heterocycles. The van der Waals surface area contributed by atoms with Crippen molar-refractivity contribution in [3.63, 3.8) is 0 Å². The predicted molar refractivity (Wildman–Crippen MR) is 106 cm³/mol. The second-order valence-corrected chi connectivity index (χ2v) is 7.36. The van der Waals surface area contributed by atoms with Gasteiger partial charge in [0.05, 0.1) is 5.69 Å². The Morgan fingerprint density at radius 3 is 2.79 bits per heavy atom. The molecule has 29 heavy (non-hydrogen) atoms. The fourth-order valence-electron chi connectivity index (χ4n) is 2.68. The standard InChI is InChI=1S/C20H17FN4O3S/c1-12-3-8-17-22-15(9-18(26)25(17)10-12)11-29-20-24-23-19(28-20)13(2)27-16-6-4-14(21)5-7-16/h3-10,13H,11H2,1-2H3/t13-/m1/s1. The van der Waals surface area contributed by atoms with E-state index < -0.39 is 6.10 Å². The summed E-state index contributed by atoms with van der Waals surface area (Å²) in [6.45, 7) is 3.68. The highest BCUT2D eigenvalue weighted by molar-refractivity contribution is 7.98. The van der Waals surface area contributed by atoms with Crippen molar-refractivity contribution >= 4 is 17.4 Å². The number of hydrogen-bond acceptors (Lipinski definition) is 7. The summed E-state index contributed by atoms with van der Waals surface area (Å²) in [6.07, 6.45) is 1.27. The Balaban J connectivity index is 1.43. The molecule has 0 amide bonds. The number of hydrogen-bond donors (Lipinski definition) is 0. The highest BCUT2D eigenvalue weighted by Gasteiger charge is 2.16. The predicted octanol–water partition coefficient (Wildman–Crippen LogP) is 3.96. The fourth-order valence-corrected chi connectivity index (χ4v) is 3.34. The maximum absolute atomic E-state index is 13.0. The lowest BCUT2D eigenvalue weighted by molar-refractivity contribution is 0.181. The van der Waals surface area contributed by atoms with E-state index in [2.05, 4.69) is 15.2 Å². The number of fused-ring (bicyclic) bond motifs is 1. The van der Waals surface area contributed by atoms with Crippen LogP contribution in [0.25, 0.3) is 5.65 Å². The van der Waals surface area contributed by atoms with Crippen LogP contribution >= 0.6 is 11.8 Å². The van der Waals surface area contributed by atoms with Crippen molar-refractivity contribution in [3.05, 3.63) is 82.0 Å². The number of rotatable bonds is 6. The van der Waals surface area contributed by atoms with Gasteiger partial charge in [0.2, 0.25) is 0 Å². The molecule has 0 unspecified atom stereocenters. The van der Waals surface area contributed by atoms with Crippen LogP contribution in [-0.4, -0.2) is 19.6 Å². The summed E-state index contributed by atoms with van der Waals surface area (Å²) in [7, 11) is 0. The van der Waals surface area contributed by atoms with Gasteiger partial charge >= 0.3 is 0 Å². The highest BCUT2D eigenvalue weighted by atomic mass is 32.2. The van der Waals surface area contributed by atoms with Crippen LogP contribution in [0.1, 0.15) is 30.2 Å². The number of nitrogens with zero attached hydrogens (tertiary/aromatic N) is 4. The first-order valence-corrected chi connectivity index (χ1v) is 9.84. The number of benzene rings is 1. The Morgan fingerprint density at radius 1 is 1.21 bits per heavy atom. The number of thioether (sulfide) groups is 1. The molecule has 0 bridgehead atoms. The Labute approximate surface area is 169 Å². The first-order chi connectivity index (χ1) is 14.0. The van der Waals surface area contributed by atoms with Crippen molar-refractivity contribution in [3.8, 4) is 5.75 Å². The van der Waals surface area contributed by atoms with Crippen molar-refractivity contribution < 1.29 is 13.5 Å². The monoisotopic (exact) mass is 412 g/mol. The van der Waals surface area contributed by atoms with E-state index in [1.54, 1.807) is 13.1 Å². The minimum atomic E-state index is -0.492. The lowest BCUT2D eigenvalue weighted by atomic mass is 10.3. The van der Waals surface area contributed by atoms with Crippen molar-refractivity contribution in [1.29, 1.82) is 0 Å². The number of aryl methyl sites for hydroxylation is 1. The van der Waals surface area contributed by atoms with Crippen molar-refractivity contribution in [2.45, 2.75) is 30.9 Å². The van der Waals surface area contributed by atoms with Crippen LogP contribution in [0.2, 0.25) is 0 Å². The maximum Gasteiger partial charge on any atom is 0.277 e. The van der Waals surface area contributed by atoms with E-state index in [4.69, 9.17) is 9.15 Å². The lowest BCUT2D eigenvalue weighted by Gasteiger charge is -2.10. The van der Waals surface area contributed by atoms with E-state index in [9.17, 15) is 9.18 Å². The van der Waals surface area contributed by atoms with Gasteiger partial charge in [0.1, 0.15) is 17.2 Å². The van der Waals surface area contributed by atoms with Crippen LogP contribution in [0, 0.1) is 12.7 Å². The molecule has 0 N–H and O–H groups in total. The van der Waals surface area contributed by atoms with Crippen LogP contribution in [0.3, 0.4) is 0 Å². The molecular weight excluding hydrogens is 395 g/mol. The summed E-state index contributed by atoms with van der Waals surface area (Å²) in [5.74, 6) is 0.883. The van der Waals surface area contributed by atoms with Crippen molar-refractivity contribution in [2.75, 3.05) is 0 Å². The zero-order valence-corrected chi connectivity index (χ0v) is 16.5. The van der Waals surface area contributed by atoms with Gasteiger partial charge < -0.3 is 9.15 Å². The topological polar surface area (TPSA) is 82.5 Å². The third-order valence-electron chi connectivity index (χ3n) is 4.10. The molecule has 0 saturated carbocycles. The molecule has 7 nitrogen and oxygen atoms in total. The molecule has 9 heteroatoms. The largest absolute Gasteiger partial charge is 0.481 e. The quantitative estimate of drug-likeness (QED) is 0.443. The number of ether oxygens (including phenoxy) is 1. The minimum absolute atomic E-state index is 0.137. The summed E-state index contributed by atoms with van der Waals surface area (Å²) < 4.78 is 25.8. The van der Waals surface area contributed by atoms with E-state index >= 15 is 0 Å². The summed E-state index contributed by atoms with van der Waals surface area (Å²) in [5, 5.41) is 8.34. The Hall–Kier alpha value is -3.20. The van der Waals surface area contributed by atoms with Gasteiger partial charge in [0.25, 0.3) is 16.7 Å². The first-order valence-electron chi connectivity index (χ1n) is 8.85. The van der Waals surface area contributed by atoms with Gasteiger partial charge in [-0.05, 0) is 49.7 Å². The van der Waals surface area contributed by atoms with Gasteiger partial charge in [0, 0.05) is 18.0 Å². The molecule has 0 radical (unpaired) electrons. The van der Waals surface area contributed by atoms with Crippen molar-refractivity contribution in [2.24, 2.45) is 0 Å². The molecule has 0 aliphatic rings. The van der Waals surface area contributed by atoms with Crippen LogP contribution in [0.15, 0.2) is 63.1 Å². The van der Waals surface area contributed by atoms with Crippen LogP contribution in [0.5, 0.6) is 5.75 Å². The summed E-state index contributed by atoms with van der Waals surface area (Å²) >= 11 is 1.28. The second-order valence-electron chi connectivity index (χ2n) is 6.43. The Kier molecular flexibility index (Phi) is 5.30. The van der Waals surface area contributed by atoms with E-state index in [-0.39, 0.29) is 11.4 Å².